The fourth-order valence-corrected chi connectivity index (χ4v) is 2.39. The van der Waals surface area contributed by atoms with Crippen LogP contribution < -0.4 is 10.6 Å². The Morgan fingerprint density at radius 3 is 2.95 bits per heavy atom. The SMILES string of the molecule is COC1CNC(C(=O)Nc2cccc(-n3cnnc3)c2)C1. The van der Waals surface area contributed by atoms with Crippen molar-refractivity contribution in [1.82, 2.24) is 20.1 Å². The molecule has 2 N–H and O–H groups in total. The van der Waals surface area contributed by atoms with Crippen LogP contribution in [0.5, 0.6) is 0 Å². The maximum atomic E-state index is 12.2. The fraction of sp³-hybridized carbons (Fsp3) is 0.357. The Balaban J connectivity index is 1.68. The number of aromatic nitrogens is 3. The molecule has 0 bridgehead atoms. The highest BCUT2D eigenvalue weighted by Gasteiger charge is 2.29. The zero-order valence-electron chi connectivity index (χ0n) is 11.7. The van der Waals surface area contributed by atoms with E-state index in [1.165, 1.54) is 0 Å². The number of rotatable bonds is 4. The van der Waals surface area contributed by atoms with Crippen molar-refractivity contribution in [2.75, 3.05) is 19.0 Å². The quantitative estimate of drug-likeness (QED) is 0.860. The van der Waals surface area contributed by atoms with Crippen molar-refractivity contribution in [3.63, 3.8) is 0 Å². The summed E-state index contributed by atoms with van der Waals surface area (Å²) in [6.07, 6.45) is 4.02. The number of ether oxygens (including phenoxy) is 1. The van der Waals surface area contributed by atoms with Gasteiger partial charge in [0.05, 0.1) is 17.8 Å². The van der Waals surface area contributed by atoms with Crippen molar-refractivity contribution in [2.45, 2.75) is 18.6 Å². The molecule has 7 nitrogen and oxygen atoms in total. The van der Waals surface area contributed by atoms with Gasteiger partial charge in [0.25, 0.3) is 0 Å². The second-order valence-electron chi connectivity index (χ2n) is 4.96. The molecule has 2 heterocycles. The zero-order valence-corrected chi connectivity index (χ0v) is 11.7. The van der Waals surface area contributed by atoms with Crippen molar-refractivity contribution < 1.29 is 9.53 Å². The molecule has 1 aromatic heterocycles. The van der Waals surface area contributed by atoms with Gasteiger partial charge in [-0.15, -0.1) is 10.2 Å². The predicted molar refractivity (Wildman–Crippen MR) is 77.2 cm³/mol. The van der Waals surface area contributed by atoms with Gasteiger partial charge in [0, 0.05) is 19.3 Å². The number of hydrogen-bond acceptors (Lipinski definition) is 5. The third-order valence-corrected chi connectivity index (χ3v) is 3.57. The summed E-state index contributed by atoms with van der Waals surface area (Å²) in [5.41, 5.74) is 1.64. The highest BCUT2D eigenvalue weighted by atomic mass is 16.5. The van der Waals surface area contributed by atoms with Gasteiger partial charge >= 0.3 is 0 Å². The minimum atomic E-state index is -0.214. The van der Waals surface area contributed by atoms with Crippen molar-refractivity contribution >= 4 is 11.6 Å². The van der Waals surface area contributed by atoms with E-state index in [0.29, 0.717) is 13.0 Å². The molecule has 1 saturated heterocycles. The lowest BCUT2D eigenvalue weighted by atomic mass is 10.2. The van der Waals surface area contributed by atoms with Gasteiger partial charge in [-0.25, -0.2) is 0 Å². The van der Waals surface area contributed by atoms with Crippen LogP contribution in [0.25, 0.3) is 5.69 Å². The number of carbonyl (C=O) groups is 1. The lowest BCUT2D eigenvalue weighted by Crippen LogP contribution is -2.35. The van der Waals surface area contributed by atoms with Crippen LogP contribution in [0, 0.1) is 0 Å². The lowest BCUT2D eigenvalue weighted by Gasteiger charge is -2.12. The Morgan fingerprint density at radius 1 is 1.43 bits per heavy atom. The minimum Gasteiger partial charge on any atom is -0.380 e. The van der Waals surface area contributed by atoms with Crippen LogP contribution in [0.1, 0.15) is 6.42 Å². The monoisotopic (exact) mass is 287 g/mol. The summed E-state index contributed by atoms with van der Waals surface area (Å²) in [4.78, 5) is 12.2. The molecule has 7 heteroatoms. The van der Waals surface area contributed by atoms with Crippen LogP contribution in [0.4, 0.5) is 5.69 Å². The minimum absolute atomic E-state index is 0.0459. The molecule has 1 amide bonds. The van der Waals surface area contributed by atoms with Gasteiger partial charge in [0.1, 0.15) is 12.7 Å². The number of hydrogen-bond donors (Lipinski definition) is 2. The smallest absolute Gasteiger partial charge is 0.241 e. The first-order valence-corrected chi connectivity index (χ1v) is 6.78. The summed E-state index contributed by atoms with van der Waals surface area (Å²) in [6.45, 7) is 0.704. The highest BCUT2D eigenvalue weighted by Crippen LogP contribution is 2.16. The molecule has 2 unspecified atom stereocenters. The Bertz CT molecular complexity index is 614. The second kappa shape index (κ2) is 6.02. The van der Waals surface area contributed by atoms with Crippen molar-refractivity contribution in [2.24, 2.45) is 0 Å². The number of anilines is 1. The number of methoxy groups -OCH3 is 1. The van der Waals surface area contributed by atoms with E-state index in [9.17, 15) is 4.79 Å². The second-order valence-corrected chi connectivity index (χ2v) is 4.96. The number of carbonyl (C=O) groups excluding carboxylic acids is 1. The molecule has 1 aliphatic heterocycles. The first kappa shape index (κ1) is 13.7. The molecule has 2 aromatic rings. The van der Waals surface area contributed by atoms with E-state index in [-0.39, 0.29) is 18.1 Å². The summed E-state index contributed by atoms with van der Waals surface area (Å²) in [5.74, 6) is -0.0459. The van der Waals surface area contributed by atoms with Crippen molar-refractivity contribution in [1.29, 1.82) is 0 Å². The van der Waals surface area contributed by atoms with Gasteiger partial charge in [0.15, 0.2) is 0 Å². The molecule has 1 fully saturated rings. The molecular formula is C14H17N5O2. The average Bonchev–Trinajstić information content (AvgIpc) is 3.19. The Hall–Kier alpha value is -2.25. The molecule has 0 saturated carbocycles. The van der Waals surface area contributed by atoms with Gasteiger partial charge in [-0.05, 0) is 24.6 Å². The van der Waals surface area contributed by atoms with E-state index in [4.69, 9.17) is 4.74 Å². The standard InChI is InChI=1S/C14H17N5O2/c1-21-12-6-13(15-7-12)14(20)18-10-3-2-4-11(5-10)19-8-16-17-9-19/h2-5,8-9,12-13,15H,6-7H2,1H3,(H,18,20). The van der Waals surface area contributed by atoms with Crippen molar-refractivity contribution in [3.05, 3.63) is 36.9 Å². The van der Waals surface area contributed by atoms with Crippen LogP contribution in [0.2, 0.25) is 0 Å². The van der Waals surface area contributed by atoms with E-state index >= 15 is 0 Å². The summed E-state index contributed by atoms with van der Waals surface area (Å²) >= 11 is 0. The van der Waals surface area contributed by atoms with E-state index in [0.717, 1.165) is 11.4 Å². The third kappa shape index (κ3) is 3.09. The maximum absolute atomic E-state index is 12.2. The van der Waals surface area contributed by atoms with Crippen LogP contribution in [-0.4, -0.2) is 46.5 Å². The molecular weight excluding hydrogens is 270 g/mol. The van der Waals surface area contributed by atoms with Gasteiger partial charge in [-0.2, -0.15) is 0 Å². The van der Waals surface area contributed by atoms with Crippen LogP contribution in [0.3, 0.4) is 0 Å². The topological polar surface area (TPSA) is 81.1 Å². The van der Waals surface area contributed by atoms with E-state index < -0.39 is 0 Å². The van der Waals surface area contributed by atoms with E-state index in [1.807, 2.05) is 24.3 Å². The number of amides is 1. The lowest BCUT2D eigenvalue weighted by molar-refractivity contribution is -0.118. The van der Waals surface area contributed by atoms with E-state index in [2.05, 4.69) is 20.8 Å². The Kier molecular flexibility index (Phi) is 3.94. The Labute approximate surface area is 122 Å². The zero-order chi connectivity index (χ0) is 14.7. The van der Waals surface area contributed by atoms with E-state index in [1.54, 1.807) is 24.3 Å². The van der Waals surface area contributed by atoms with Crippen LogP contribution in [0.15, 0.2) is 36.9 Å². The van der Waals surface area contributed by atoms with Gasteiger partial charge in [0.2, 0.25) is 5.91 Å². The number of nitrogens with one attached hydrogen (secondary N) is 2. The van der Waals surface area contributed by atoms with Crippen LogP contribution >= 0.6 is 0 Å². The van der Waals surface area contributed by atoms with Gasteiger partial charge in [-0.1, -0.05) is 6.07 Å². The normalized spacial score (nSPS) is 21.4. The first-order valence-electron chi connectivity index (χ1n) is 6.78. The highest BCUT2D eigenvalue weighted by molar-refractivity contribution is 5.95. The first-order chi connectivity index (χ1) is 10.3. The Morgan fingerprint density at radius 2 is 2.24 bits per heavy atom. The van der Waals surface area contributed by atoms with Gasteiger partial charge in [-0.3, -0.25) is 9.36 Å². The fourth-order valence-electron chi connectivity index (χ4n) is 2.39. The molecule has 0 spiro atoms. The number of nitrogens with zero attached hydrogens (tertiary/aromatic N) is 3. The summed E-state index contributed by atoms with van der Waals surface area (Å²) in [5, 5.41) is 13.6. The molecule has 0 aliphatic carbocycles. The number of benzene rings is 1. The molecule has 1 aromatic carbocycles. The molecule has 1 aliphatic rings. The summed E-state index contributed by atoms with van der Waals surface area (Å²) in [7, 11) is 1.66. The molecule has 2 atom stereocenters. The van der Waals surface area contributed by atoms with Crippen molar-refractivity contribution in [3.8, 4) is 5.69 Å². The van der Waals surface area contributed by atoms with Gasteiger partial charge < -0.3 is 15.4 Å². The molecule has 21 heavy (non-hydrogen) atoms. The molecule has 3 rings (SSSR count). The summed E-state index contributed by atoms with van der Waals surface area (Å²) in [6, 6.07) is 7.32. The predicted octanol–water partition coefficient (Wildman–Crippen LogP) is 0.583. The average molecular weight is 287 g/mol. The maximum Gasteiger partial charge on any atom is 0.241 e. The van der Waals surface area contributed by atoms with Crippen LogP contribution in [-0.2, 0) is 9.53 Å². The summed E-state index contributed by atoms with van der Waals surface area (Å²) < 4.78 is 7.03. The largest absolute Gasteiger partial charge is 0.380 e. The molecule has 110 valence electrons. The third-order valence-electron chi connectivity index (χ3n) is 3.57. The molecule has 0 radical (unpaired) electrons.